The molecule has 0 saturated carbocycles. The molecule has 258 valence electrons. The Morgan fingerprint density at radius 3 is 2.57 bits per heavy atom. The van der Waals surface area contributed by atoms with Crippen LogP contribution in [0.5, 0.6) is 5.75 Å². The maximum atomic E-state index is 13.6. The summed E-state index contributed by atoms with van der Waals surface area (Å²) in [5.74, 6) is -1.39. The van der Waals surface area contributed by atoms with Gasteiger partial charge in [-0.2, -0.15) is 5.10 Å². The highest BCUT2D eigenvalue weighted by molar-refractivity contribution is 6.05. The number of anilines is 3. The number of fused-ring (bicyclic) bond motifs is 3. The number of ether oxygens (including phenoxy) is 1. The van der Waals surface area contributed by atoms with Gasteiger partial charge in [-0.05, 0) is 100 Å². The summed E-state index contributed by atoms with van der Waals surface area (Å²) >= 11 is 0. The van der Waals surface area contributed by atoms with Crippen LogP contribution in [-0.2, 0) is 26.3 Å². The number of halogens is 3. The van der Waals surface area contributed by atoms with E-state index in [0.29, 0.717) is 29.9 Å². The zero-order valence-corrected chi connectivity index (χ0v) is 27.9. The van der Waals surface area contributed by atoms with Gasteiger partial charge in [-0.15, -0.1) is 13.2 Å². The number of hydrogen-bond acceptors (Lipinski definition) is 8. The van der Waals surface area contributed by atoms with Crippen molar-refractivity contribution in [1.29, 1.82) is 0 Å². The third-order valence-corrected chi connectivity index (χ3v) is 9.07. The van der Waals surface area contributed by atoms with Crippen LogP contribution in [0.3, 0.4) is 0 Å². The molecule has 2 aromatic carbocycles. The summed E-state index contributed by atoms with van der Waals surface area (Å²) in [6.07, 6.45) is 0.794. The van der Waals surface area contributed by atoms with E-state index in [0.717, 1.165) is 72.8 Å². The second-order valence-corrected chi connectivity index (χ2v) is 12.6. The highest BCUT2D eigenvalue weighted by Crippen LogP contribution is 2.36. The summed E-state index contributed by atoms with van der Waals surface area (Å²) in [5, 5.41) is 13.4. The number of piperidine rings is 1. The first-order valence-corrected chi connectivity index (χ1v) is 16.4. The molecule has 2 aliphatic rings. The zero-order chi connectivity index (χ0) is 34.9. The van der Waals surface area contributed by atoms with Crippen LogP contribution in [0.2, 0.25) is 0 Å². The second kappa shape index (κ2) is 13.9. The quantitative estimate of drug-likeness (QED) is 0.209. The molecule has 0 unspecified atom stereocenters. The van der Waals surface area contributed by atoms with Crippen molar-refractivity contribution in [3.05, 3.63) is 76.1 Å². The number of rotatable bonds is 8. The highest BCUT2D eigenvalue weighted by atomic mass is 19.4. The summed E-state index contributed by atoms with van der Waals surface area (Å²) in [7, 11) is 3.73. The Hall–Kier alpha value is -4.98. The fourth-order valence-corrected chi connectivity index (χ4v) is 6.49. The highest BCUT2D eigenvalue weighted by Gasteiger charge is 2.33. The summed E-state index contributed by atoms with van der Waals surface area (Å²) in [4.78, 5) is 37.9. The van der Waals surface area contributed by atoms with Crippen molar-refractivity contribution >= 4 is 29.1 Å². The smallest absolute Gasteiger partial charge is 0.404 e. The number of likely N-dealkylation sites (tertiary alicyclic amines) is 1. The molecule has 4 aromatic rings. The third-order valence-electron chi connectivity index (χ3n) is 9.07. The molecule has 3 N–H and O–H groups in total. The van der Waals surface area contributed by atoms with Crippen molar-refractivity contribution in [2.75, 3.05) is 30.8 Å². The van der Waals surface area contributed by atoms with Gasteiger partial charge in [0.25, 0.3) is 11.8 Å². The molecule has 2 amide bonds. The lowest BCUT2D eigenvalue weighted by atomic mass is 10.0. The van der Waals surface area contributed by atoms with Crippen molar-refractivity contribution in [3.8, 4) is 17.1 Å². The number of para-hydroxylation sites is 1. The molecule has 11 nitrogen and oxygen atoms in total. The van der Waals surface area contributed by atoms with E-state index in [1.54, 1.807) is 17.9 Å². The van der Waals surface area contributed by atoms with Crippen LogP contribution < -0.4 is 20.7 Å². The van der Waals surface area contributed by atoms with E-state index in [4.69, 9.17) is 4.98 Å². The van der Waals surface area contributed by atoms with E-state index in [9.17, 15) is 22.8 Å². The number of amides is 2. The van der Waals surface area contributed by atoms with Gasteiger partial charge in [0.2, 0.25) is 5.95 Å². The van der Waals surface area contributed by atoms with E-state index in [2.05, 4.69) is 35.7 Å². The molecule has 1 aliphatic heterocycles. The van der Waals surface area contributed by atoms with Gasteiger partial charge in [0.05, 0.1) is 17.1 Å². The normalized spacial score (nSPS) is 15.2. The molecular formula is C35H39F3N8O3. The van der Waals surface area contributed by atoms with E-state index in [1.807, 2.05) is 39.1 Å². The predicted molar refractivity (Wildman–Crippen MR) is 179 cm³/mol. The number of carbonyl (C=O) groups is 2. The molecule has 1 fully saturated rings. The Bertz CT molecular complexity index is 1880. The lowest BCUT2D eigenvalue weighted by molar-refractivity contribution is -0.274. The largest absolute Gasteiger partial charge is 0.573 e. The van der Waals surface area contributed by atoms with Crippen LogP contribution in [-0.4, -0.2) is 69.0 Å². The predicted octanol–water partition coefficient (Wildman–Crippen LogP) is 5.96. The van der Waals surface area contributed by atoms with Crippen LogP contribution in [0.4, 0.5) is 30.5 Å². The van der Waals surface area contributed by atoms with Crippen LogP contribution >= 0.6 is 0 Å². The summed E-state index contributed by atoms with van der Waals surface area (Å²) < 4.78 is 46.5. The van der Waals surface area contributed by atoms with E-state index in [-0.39, 0.29) is 29.1 Å². The van der Waals surface area contributed by atoms with Gasteiger partial charge < -0.3 is 25.6 Å². The molecule has 3 heterocycles. The van der Waals surface area contributed by atoms with Gasteiger partial charge in [0.15, 0.2) is 11.4 Å². The first-order valence-electron chi connectivity index (χ1n) is 16.4. The standard InChI is InChI=1S/C35H39F3N8O3/c1-5-21-9-6-8-20(2)28(21)42-33(48)30-25-11-7-10-23-19-39-34(43-29(23)31(25)46(4)44-30)41-26-13-12-22(18-27(26)49-35(36,37)38)32(47)40-24-14-16-45(3)17-15-24/h6,8-9,12-13,18-19,24H,5,7,10-11,14-17H2,1-4H3,(H,40,47)(H,42,48)(H,39,41,43). The summed E-state index contributed by atoms with van der Waals surface area (Å²) in [6, 6.07) is 9.65. The molecule has 0 spiro atoms. The number of carbonyl (C=O) groups excluding carboxylic acids is 2. The molecule has 0 atom stereocenters. The van der Waals surface area contributed by atoms with Gasteiger partial charge in [-0.3, -0.25) is 14.3 Å². The number of aryl methyl sites for hydroxylation is 4. The molecule has 6 rings (SSSR count). The monoisotopic (exact) mass is 676 g/mol. The molecule has 1 aliphatic carbocycles. The Morgan fingerprint density at radius 2 is 1.84 bits per heavy atom. The van der Waals surface area contributed by atoms with Gasteiger partial charge in [0, 0.05) is 36.1 Å². The van der Waals surface area contributed by atoms with E-state index in [1.165, 1.54) is 12.1 Å². The number of aromatic nitrogens is 4. The van der Waals surface area contributed by atoms with Crippen LogP contribution in [0.1, 0.15) is 69.3 Å². The molecule has 2 aromatic heterocycles. The fourth-order valence-electron chi connectivity index (χ4n) is 6.49. The number of hydrogen-bond donors (Lipinski definition) is 3. The minimum Gasteiger partial charge on any atom is -0.404 e. The van der Waals surface area contributed by atoms with Gasteiger partial charge >= 0.3 is 6.36 Å². The average Bonchev–Trinajstić information content (AvgIpc) is 3.26. The van der Waals surface area contributed by atoms with Crippen molar-refractivity contribution in [2.24, 2.45) is 7.05 Å². The molecule has 1 saturated heterocycles. The van der Waals surface area contributed by atoms with Crippen molar-refractivity contribution in [3.63, 3.8) is 0 Å². The Balaban J connectivity index is 1.29. The van der Waals surface area contributed by atoms with Crippen molar-refractivity contribution in [1.82, 2.24) is 30.0 Å². The number of alkyl halides is 3. The van der Waals surface area contributed by atoms with Gasteiger partial charge in [-0.1, -0.05) is 25.1 Å². The minimum absolute atomic E-state index is 0.0156. The fraction of sp³-hybridized carbons (Fsp3) is 0.400. The van der Waals surface area contributed by atoms with E-state index < -0.39 is 18.0 Å². The van der Waals surface area contributed by atoms with Crippen molar-refractivity contribution < 1.29 is 27.5 Å². The minimum atomic E-state index is -5.01. The molecule has 0 radical (unpaired) electrons. The summed E-state index contributed by atoms with van der Waals surface area (Å²) in [6.45, 7) is 5.61. The molecule has 49 heavy (non-hydrogen) atoms. The molecule has 0 bridgehead atoms. The SMILES string of the molecule is CCc1cccc(C)c1NC(=O)c1nn(C)c2c1CCCc1cnc(Nc3ccc(C(=O)NC4CCN(C)CC4)cc3OC(F)(F)F)nc1-2. The van der Waals surface area contributed by atoms with Crippen LogP contribution in [0.15, 0.2) is 42.6 Å². The van der Waals surface area contributed by atoms with E-state index >= 15 is 0 Å². The lowest BCUT2D eigenvalue weighted by Gasteiger charge is -2.29. The van der Waals surface area contributed by atoms with Crippen LogP contribution in [0, 0.1) is 6.92 Å². The number of nitrogens with one attached hydrogen (secondary N) is 3. The first kappa shape index (κ1) is 33.9. The molecule has 14 heteroatoms. The number of benzene rings is 2. The maximum absolute atomic E-state index is 13.6. The Morgan fingerprint density at radius 1 is 1.06 bits per heavy atom. The topological polar surface area (TPSA) is 126 Å². The Kier molecular flexibility index (Phi) is 9.59. The maximum Gasteiger partial charge on any atom is 0.573 e. The lowest BCUT2D eigenvalue weighted by Crippen LogP contribution is -2.43. The summed E-state index contributed by atoms with van der Waals surface area (Å²) in [5.41, 5.74) is 5.69. The second-order valence-electron chi connectivity index (χ2n) is 12.6. The van der Waals surface area contributed by atoms with Crippen LogP contribution in [0.25, 0.3) is 11.4 Å². The van der Waals surface area contributed by atoms with Crippen molar-refractivity contribution in [2.45, 2.75) is 64.8 Å². The first-order chi connectivity index (χ1) is 23.4. The average molecular weight is 677 g/mol. The third kappa shape index (κ3) is 7.53. The Labute approximate surface area is 282 Å². The van der Waals surface area contributed by atoms with Gasteiger partial charge in [-0.25, -0.2) is 9.97 Å². The zero-order valence-electron chi connectivity index (χ0n) is 27.9. The number of nitrogens with zero attached hydrogens (tertiary/aromatic N) is 5. The molecular weight excluding hydrogens is 637 g/mol. The van der Waals surface area contributed by atoms with Gasteiger partial charge in [0.1, 0.15) is 0 Å².